The molecule has 2 rings (SSSR count). The second kappa shape index (κ2) is 5.98. The summed E-state index contributed by atoms with van der Waals surface area (Å²) in [7, 11) is 1.73. The van der Waals surface area contributed by atoms with Gasteiger partial charge < -0.3 is 14.5 Å². The summed E-state index contributed by atoms with van der Waals surface area (Å²) in [6, 6.07) is 6.46. The van der Waals surface area contributed by atoms with Crippen molar-refractivity contribution in [2.24, 2.45) is 0 Å². The van der Waals surface area contributed by atoms with Gasteiger partial charge in [-0.3, -0.25) is 0 Å². The number of rotatable bonds is 5. The van der Waals surface area contributed by atoms with Crippen molar-refractivity contribution in [2.45, 2.75) is 46.3 Å². The largest absolute Gasteiger partial charge is 0.459 e. The van der Waals surface area contributed by atoms with Gasteiger partial charge in [-0.1, -0.05) is 33.8 Å². The molecule has 0 radical (unpaired) electrons. The molecule has 0 saturated carbocycles. The average molecular weight is 275 g/mol. The molecule has 0 aliphatic heterocycles. The molecule has 1 N–H and O–H groups in total. The van der Waals surface area contributed by atoms with Crippen molar-refractivity contribution in [3.63, 3.8) is 0 Å². The quantitative estimate of drug-likeness (QED) is 0.896. The van der Waals surface area contributed by atoms with Crippen molar-refractivity contribution in [3.05, 3.63) is 35.1 Å². The Kier molecular flexibility index (Phi) is 4.51. The predicted octanol–water partition coefficient (Wildman–Crippen LogP) is 3.99. The molecule has 0 aliphatic rings. The molecule has 2 aromatic rings. The van der Waals surface area contributed by atoms with E-state index in [4.69, 9.17) is 9.15 Å². The molecule has 1 aromatic carbocycles. The van der Waals surface area contributed by atoms with Crippen LogP contribution in [-0.4, -0.2) is 13.7 Å². The van der Waals surface area contributed by atoms with E-state index in [0.29, 0.717) is 6.61 Å². The Hall–Kier alpha value is -1.32. The molecule has 1 aromatic heterocycles. The summed E-state index contributed by atoms with van der Waals surface area (Å²) in [5.41, 5.74) is 3.56. The van der Waals surface area contributed by atoms with Crippen LogP contribution in [0, 0.1) is 0 Å². The highest BCUT2D eigenvalue weighted by molar-refractivity contribution is 5.83. The molecular weight excluding hydrogens is 250 g/mol. The van der Waals surface area contributed by atoms with Crippen molar-refractivity contribution in [1.82, 2.24) is 5.32 Å². The molecule has 3 heteroatoms. The van der Waals surface area contributed by atoms with Crippen molar-refractivity contribution in [3.8, 4) is 0 Å². The molecule has 0 bridgehead atoms. The van der Waals surface area contributed by atoms with Gasteiger partial charge in [-0.25, -0.2) is 0 Å². The minimum absolute atomic E-state index is 0.137. The smallest absolute Gasteiger partial charge is 0.134 e. The van der Waals surface area contributed by atoms with Gasteiger partial charge in [0.1, 0.15) is 11.3 Å². The first-order chi connectivity index (χ1) is 9.47. The normalized spacial score (nSPS) is 12.2. The maximum absolute atomic E-state index is 5.98. The topological polar surface area (TPSA) is 34.4 Å². The SMILES string of the molecule is CCNCc1oc2ccc(C(C)(C)C)cc2c1COC. The molecule has 0 saturated heterocycles. The van der Waals surface area contributed by atoms with Gasteiger partial charge in [0.25, 0.3) is 0 Å². The third-order valence-electron chi connectivity index (χ3n) is 3.56. The average Bonchev–Trinajstić information content (AvgIpc) is 2.73. The standard InChI is InChI=1S/C17H25NO2/c1-6-18-10-16-14(11-19-5)13-9-12(17(2,3)4)7-8-15(13)20-16/h7-9,18H,6,10-11H2,1-5H3. The van der Waals surface area contributed by atoms with Crippen LogP contribution in [0.25, 0.3) is 11.0 Å². The lowest BCUT2D eigenvalue weighted by molar-refractivity contribution is 0.183. The van der Waals surface area contributed by atoms with E-state index in [1.165, 1.54) is 10.9 Å². The van der Waals surface area contributed by atoms with Crippen molar-refractivity contribution < 1.29 is 9.15 Å². The zero-order chi connectivity index (χ0) is 14.8. The van der Waals surface area contributed by atoms with E-state index in [9.17, 15) is 0 Å². The Morgan fingerprint density at radius 2 is 2.00 bits per heavy atom. The molecule has 0 fully saturated rings. The van der Waals surface area contributed by atoms with E-state index < -0.39 is 0 Å². The summed E-state index contributed by atoms with van der Waals surface area (Å²) < 4.78 is 11.3. The van der Waals surface area contributed by atoms with Gasteiger partial charge in [0.05, 0.1) is 13.2 Å². The summed E-state index contributed by atoms with van der Waals surface area (Å²) in [6.45, 7) is 11.0. The zero-order valence-electron chi connectivity index (χ0n) is 13.2. The molecule has 0 amide bonds. The number of hydrogen-bond donors (Lipinski definition) is 1. The fourth-order valence-corrected chi connectivity index (χ4v) is 2.35. The summed E-state index contributed by atoms with van der Waals surface area (Å²) in [4.78, 5) is 0. The number of furan rings is 1. The van der Waals surface area contributed by atoms with Crippen LogP contribution >= 0.6 is 0 Å². The van der Waals surface area contributed by atoms with Crippen molar-refractivity contribution in [2.75, 3.05) is 13.7 Å². The first kappa shape index (κ1) is 15.1. The summed E-state index contributed by atoms with van der Waals surface area (Å²) in [5, 5.41) is 4.49. The Morgan fingerprint density at radius 3 is 2.60 bits per heavy atom. The molecule has 0 atom stereocenters. The number of ether oxygens (including phenoxy) is 1. The Balaban J connectivity index is 2.51. The number of benzene rings is 1. The fraction of sp³-hybridized carbons (Fsp3) is 0.529. The van der Waals surface area contributed by atoms with Crippen LogP contribution in [0.2, 0.25) is 0 Å². The van der Waals surface area contributed by atoms with Crippen LogP contribution in [0.4, 0.5) is 0 Å². The number of nitrogens with one attached hydrogen (secondary N) is 1. The van der Waals surface area contributed by atoms with E-state index in [2.05, 4.69) is 51.2 Å². The third kappa shape index (κ3) is 3.05. The minimum atomic E-state index is 0.137. The first-order valence-corrected chi connectivity index (χ1v) is 7.21. The molecule has 20 heavy (non-hydrogen) atoms. The predicted molar refractivity (Wildman–Crippen MR) is 83.0 cm³/mol. The zero-order valence-corrected chi connectivity index (χ0v) is 13.2. The lowest BCUT2D eigenvalue weighted by Gasteiger charge is -2.18. The molecule has 0 spiro atoms. The van der Waals surface area contributed by atoms with E-state index >= 15 is 0 Å². The number of fused-ring (bicyclic) bond motifs is 1. The van der Waals surface area contributed by atoms with Crippen LogP contribution in [0.15, 0.2) is 22.6 Å². The van der Waals surface area contributed by atoms with Crippen LogP contribution < -0.4 is 5.32 Å². The van der Waals surface area contributed by atoms with Crippen LogP contribution in [0.3, 0.4) is 0 Å². The van der Waals surface area contributed by atoms with Crippen molar-refractivity contribution in [1.29, 1.82) is 0 Å². The maximum Gasteiger partial charge on any atom is 0.134 e. The Bertz CT molecular complexity index is 578. The highest BCUT2D eigenvalue weighted by atomic mass is 16.5. The number of hydrogen-bond acceptors (Lipinski definition) is 3. The summed E-state index contributed by atoms with van der Waals surface area (Å²) in [5.74, 6) is 0.981. The van der Waals surface area contributed by atoms with E-state index in [1.807, 2.05) is 0 Å². The minimum Gasteiger partial charge on any atom is -0.459 e. The van der Waals surface area contributed by atoms with E-state index in [-0.39, 0.29) is 5.41 Å². The monoisotopic (exact) mass is 275 g/mol. The third-order valence-corrected chi connectivity index (χ3v) is 3.56. The fourth-order valence-electron chi connectivity index (χ4n) is 2.35. The van der Waals surface area contributed by atoms with Gasteiger partial charge in [-0.2, -0.15) is 0 Å². The van der Waals surface area contributed by atoms with Crippen molar-refractivity contribution >= 4 is 11.0 Å². The number of methoxy groups -OCH3 is 1. The van der Waals surface area contributed by atoms with E-state index in [1.54, 1.807) is 7.11 Å². The van der Waals surface area contributed by atoms with Gasteiger partial charge >= 0.3 is 0 Å². The highest BCUT2D eigenvalue weighted by Crippen LogP contribution is 2.31. The van der Waals surface area contributed by atoms with E-state index in [0.717, 1.165) is 30.0 Å². The molecule has 3 nitrogen and oxygen atoms in total. The van der Waals surface area contributed by atoms with Crippen LogP contribution in [0.1, 0.15) is 44.6 Å². The lowest BCUT2D eigenvalue weighted by Crippen LogP contribution is -2.12. The molecule has 1 heterocycles. The second-order valence-corrected chi connectivity index (χ2v) is 6.18. The van der Waals surface area contributed by atoms with Crippen LogP contribution in [-0.2, 0) is 23.3 Å². The second-order valence-electron chi connectivity index (χ2n) is 6.18. The lowest BCUT2D eigenvalue weighted by atomic mass is 9.86. The van der Waals surface area contributed by atoms with Gasteiger partial charge in [-0.15, -0.1) is 0 Å². The maximum atomic E-state index is 5.98. The van der Waals surface area contributed by atoms with Gasteiger partial charge in [-0.05, 0) is 29.7 Å². The molecular formula is C17H25NO2. The molecule has 0 aliphatic carbocycles. The Morgan fingerprint density at radius 1 is 1.25 bits per heavy atom. The summed E-state index contributed by atoms with van der Waals surface area (Å²) >= 11 is 0. The highest BCUT2D eigenvalue weighted by Gasteiger charge is 2.18. The van der Waals surface area contributed by atoms with Gasteiger partial charge in [0.2, 0.25) is 0 Å². The first-order valence-electron chi connectivity index (χ1n) is 7.21. The Labute approximate surface area is 121 Å². The van der Waals surface area contributed by atoms with Gasteiger partial charge in [0.15, 0.2) is 0 Å². The van der Waals surface area contributed by atoms with Gasteiger partial charge in [0, 0.05) is 18.1 Å². The van der Waals surface area contributed by atoms with Crippen LogP contribution in [0.5, 0.6) is 0 Å². The molecule has 0 unspecified atom stereocenters. The summed E-state index contributed by atoms with van der Waals surface area (Å²) in [6.07, 6.45) is 0. The molecule has 110 valence electrons.